The van der Waals surface area contributed by atoms with E-state index in [0.717, 1.165) is 41.5 Å². The molecule has 4 aromatic carbocycles. The number of anilines is 2. The van der Waals surface area contributed by atoms with Crippen LogP contribution in [0, 0.1) is 22.5 Å². The summed E-state index contributed by atoms with van der Waals surface area (Å²) in [4.78, 5) is 31.0. The molecule has 0 aliphatic carbocycles. The summed E-state index contributed by atoms with van der Waals surface area (Å²) in [6.45, 7) is 10.8. The lowest BCUT2D eigenvalue weighted by Gasteiger charge is -2.36. The van der Waals surface area contributed by atoms with Gasteiger partial charge in [0.05, 0.1) is 22.7 Å². The Labute approximate surface area is 224 Å². The van der Waals surface area contributed by atoms with Gasteiger partial charge >= 0.3 is 0 Å². The van der Waals surface area contributed by atoms with E-state index < -0.39 is 4.92 Å². The first kappa shape index (κ1) is 24.5. The molecule has 1 amide bonds. The number of halogens is 1. The van der Waals surface area contributed by atoms with Crippen molar-refractivity contribution in [3.8, 4) is 0 Å². The van der Waals surface area contributed by atoms with E-state index in [9.17, 15) is 19.3 Å². The Hall–Kier alpha value is -4.81. The van der Waals surface area contributed by atoms with Gasteiger partial charge in [-0.15, -0.1) is 0 Å². The molecule has 1 N–H and O–H groups in total. The van der Waals surface area contributed by atoms with Crippen LogP contribution < -0.4 is 10.2 Å². The summed E-state index contributed by atoms with van der Waals surface area (Å²) in [6.07, 6.45) is 0.586. The number of nitrogens with zero attached hydrogens (tertiary/aromatic N) is 4. The van der Waals surface area contributed by atoms with Crippen molar-refractivity contribution < 1.29 is 14.1 Å². The fourth-order valence-corrected chi connectivity index (χ4v) is 5.47. The second-order valence-electron chi connectivity index (χ2n) is 9.90. The number of hydrogen-bond donors (Lipinski definition) is 1. The molecule has 0 bridgehead atoms. The van der Waals surface area contributed by atoms with E-state index in [0.29, 0.717) is 42.1 Å². The van der Waals surface area contributed by atoms with Gasteiger partial charge in [-0.05, 0) is 46.7 Å². The van der Waals surface area contributed by atoms with Gasteiger partial charge in [-0.2, -0.15) is 0 Å². The van der Waals surface area contributed by atoms with Gasteiger partial charge in [0.2, 0.25) is 0 Å². The lowest BCUT2D eigenvalue weighted by atomic mass is 9.95. The predicted molar refractivity (Wildman–Crippen MR) is 148 cm³/mol. The monoisotopic (exact) mass is 521 g/mol. The van der Waals surface area contributed by atoms with Crippen LogP contribution >= 0.6 is 0 Å². The van der Waals surface area contributed by atoms with Crippen molar-refractivity contribution in [3.05, 3.63) is 116 Å². The second-order valence-corrected chi connectivity index (χ2v) is 9.90. The third-order valence-corrected chi connectivity index (χ3v) is 7.49. The third-order valence-electron chi connectivity index (χ3n) is 7.49. The lowest BCUT2D eigenvalue weighted by Crippen LogP contribution is -2.46. The number of non-ortho nitro benzene ring substituents is 1. The first-order valence-electron chi connectivity index (χ1n) is 12.7. The van der Waals surface area contributed by atoms with E-state index in [1.165, 1.54) is 17.7 Å². The average Bonchev–Trinajstić information content (AvgIpc) is 3.27. The molecule has 0 spiro atoms. The van der Waals surface area contributed by atoms with Crippen LogP contribution in [0.2, 0.25) is 0 Å². The van der Waals surface area contributed by atoms with Gasteiger partial charge in [-0.1, -0.05) is 36.4 Å². The molecule has 39 heavy (non-hydrogen) atoms. The predicted octanol–water partition coefficient (Wildman–Crippen LogP) is 5.92. The average molecular weight is 522 g/mol. The van der Waals surface area contributed by atoms with E-state index >= 15 is 0 Å². The fourth-order valence-electron chi connectivity index (χ4n) is 5.47. The number of carbonyl (C=O) groups excluding carboxylic acids is 1. The Morgan fingerprint density at radius 3 is 2.41 bits per heavy atom. The maximum Gasteiger partial charge on any atom is 0.270 e. The number of amides is 1. The molecule has 0 atom stereocenters. The van der Waals surface area contributed by atoms with Crippen LogP contribution in [0.25, 0.3) is 15.6 Å². The molecule has 2 aliphatic rings. The van der Waals surface area contributed by atoms with Crippen LogP contribution in [-0.2, 0) is 13.0 Å². The summed E-state index contributed by atoms with van der Waals surface area (Å²) >= 11 is 0. The van der Waals surface area contributed by atoms with Crippen molar-refractivity contribution in [1.29, 1.82) is 0 Å². The highest BCUT2D eigenvalue weighted by Gasteiger charge is 2.26. The minimum Gasteiger partial charge on any atom is -0.367 e. The molecule has 1 fully saturated rings. The first-order valence-corrected chi connectivity index (χ1v) is 12.7. The van der Waals surface area contributed by atoms with Gasteiger partial charge in [-0.3, -0.25) is 19.8 Å². The molecule has 0 unspecified atom stereocenters. The number of hydrogen-bond acceptors (Lipinski definition) is 5. The van der Waals surface area contributed by atoms with Gasteiger partial charge in [-0.25, -0.2) is 9.24 Å². The molecule has 9 heteroatoms. The molecule has 194 valence electrons. The molecule has 0 saturated carbocycles. The van der Waals surface area contributed by atoms with Gasteiger partial charge in [0.1, 0.15) is 5.82 Å². The van der Waals surface area contributed by atoms with Gasteiger partial charge < -0.3 is 10.2 Å². The van der Waals surface area contributed by atoms with E-state index in [2.05, 4.69) is 39.3 Å². The van der Waals surface area contributed by atoms with Crippen LogP contribution in [0.3, 0.4) is 0 Å². The summed E-state index contributed by atoms with van der Waals surface area (Å²) in [5.74, 6) is -0.672. The largest absolute Gasteiger partial charge is 0.367 e. The second kappa shape index (κ2) is 9.82. The van der Waals surface area contributed by atoms with Crippen molar-refractivity contribution in [2.45, 2.75) is 13.0 Å². The standard InChI is InChI=1S/C30H24FN5O3/c1-32-22-7-9-28(26(31)15-22)35-12-10-34(11-13-35)18-20-4-2-19(3-5-20)14-21-6-8-27-29-24(21)16-23(36(38)39)17-25(29)30(37)33-27/h2-9,15-17H,10-14,18H2,(H,33,37). The zero-order valence-electron chi connectivity index (χ0n) is 21.0. The lowest BCUT2D eigenvalue weighted by molar-refractivity contribution is -0.384. The van der Waals surface area contributed by atoms with E-state index in [-0.39, 0.29) is 17.4 Å². The Bertz CT molecular complexity index is 1670. The highest BCUT2D eigenvalue weighted by atomic mass is 19.1. The number of nitro benzene ring substituents is 1. The highest BCUT2D eigenvalue weighted by Crippen LogP contribution is 2.38. The summed E-state index contributed by atoms with van der Waals surface area (Å²) in [5, 5.41) is 15.7. The number of nitro groups is 1. The Balaban J connectivity index is 1.13. The SMILES string of the molecule is [C-]#[N+]c1ccc(N2CCN(Cc3ccc(Cc4ccc5c6c(cc([N+](=O)[O-])cc46)C(=O)N5)cc3)CC2)c(F)c1. The van der Waals surface area contributed by atoms with Crippen LogP contribution in [0.5, 0.6) is 0 Å². The maximum atomic E-state index is 14.4. The third kappa shape index (κ3) is 4.67. The molecule has 2 aliphatic heterocycles. The van der Waals surface area contributed by atoms with Crippen LogP contribution in [0.15, 0.2) is 66.7 Å². The van der Waals surface area contributed by atoms with E-state index in [1.54, 1.807) is 18.2 Å². The Kier molecular flexibility index (Phi) is 6.17. The van der Waals surface area contributed by atoms with Crippen molar-refractivity contribution >= 4 is 39.4 Å². The van der Waals surface area contributed by atoms with Crippen LogP contribution in [0.4, 0.5) is 27.1 Å². The number of carbonyl (C=O) groups is 1. The number of nitrogens with one attached hydrogen (secondary N) is 1. The van der Waals surface area contributed by atoms with E-state index in [1.807, 2.05) is 17.0 Å². The molecular weight excluding hydrogens is 497 g/mol. The molecular formula is C30H24FN5O3. The molecule has 4 aromatic rings. The molecule has 1 saturated heterocycles. The van der Waals surface area contributed by atoms with E-state index in [4.69, 9.17) is 6.57 Å². The van der Waals surface area contributed by atoms with Crippen molar-refractivity contribution in [3.63, 3.8) is 0 Å². The number of rotatable bonds is 6. The zero-order valence-corrected chi connectivity index (χ0v) is 21.0. The van der Waals surface area contributed by atoms with Gasteiger partial charge in [0.25, 0.3) is 11.6 Å². The van der Waals surface area contributed by atoms with Crippen molar-refractivity contribution in [2.75, 3.05) is 36.4 Å². The molecule has 2 heterocycles. The minimum atomic E-state index is -0.464. The maximum absolute atomic E-state index is 14.4. The Morgan fingerprint density at radius 1 is 0.974 bits per heavy atom. The quantitative estimate of drug-likeness (QED) is 0.194. The zero-order chi connectivity index (χ0) is 27.1. The number of piperazine rings is 1. The summed E-state index contributed by atoms with van der Waals surface area (Å²) in [5.41, 5.74) is 4.95. The normalized spacial score (nSPS) is 14.9. The molecule has 8 nitrogen and oxygen atoms in total. The minimum absolute atomic E-state index is 0.0912. The number of benzene rings is 4. The van der Waals surface area contributed by atoms with Crippen LogP contribution in [0.1, 0.15) is 27.0 Å². The van der Waals surface area contributed by atoms with Gasteiger partial charge in [0, 0.05) is 55.9 Å². The topological polar surface area (TPSA) is 83.1 Å². The molecule has 0 radical (unpaired) electrons. The van der Waals surface area contributed by atoms with Gasteiger partial charge in [0.15, 0.2) is 5.69 Å². The highest BCUT2D eigenvalue weighted by molar-refractivity contribution is 6.24. The van der Waals surface area contributed by atoms with Crippen molar-refractivity contribution in [2.24, 2.45) is 0 Å². The molecule has 6 rings (SSSR count). The first-order chi connectivity index (χ1) is 18.9. The summed E-state index contributed by atoms with van der Waals surface area (Å²) in [7, 11) is 0. The Morgan fingerprint density at radius 2 is 1.72 bits per heavy atom. The van der Waals surface area contributed by atoms with Crippen molar-refractivity contribution in [1.82, 2.24) is 4.90 Å². The summed E-state index contributed by atoms with van der Waals surface area (Å²) < 4.78 is 14.4. The summed E-state index contributed by atoms with van der Waals surface area (Å²) in [6, 6.07) is 19.6. The van der Waals surface area contributed by atoms with Crippen LogP contribution in [-0.4, -0.2) is 41.9 Å². The smallest absolute Gasteiger partial charge is 0.270 e. The molecule has 0 aromatic heterocycles. The fraction of sp³-hybridized carbons (Fsp3) is 0.200.